The summed E-state index contributed by atoms with van der Waals surface area (Å²) in [5.74, 6) is -0.185. The van der Waals surface area contributed by atoms with Crippen molar-refractivity contribution in [1.29, 1.82) is 0 Å². The fourth-order valence-corrected chi connectivity index (χ4v) is 2.30. The van der Waals surface area contributed by atoms with Crippen LogP contribution in [0, 0.1) is 6.92 Å². The number of rotatable bonds is 7. The quantitative estimate of drug-likeness (QED) is 0.732. The van der Waals surface area contributed by atoms with Gasteiger partial charge in [-0.05, 0) is 36.6 Å². The number of nitrogens with one attached hydrogen (secondary N) is 2. The van der Waals surface area contributed by atoms with Crippen LogP contribution < -0.4 is 16.4 Å². The molecule has 0 radical (unpaired) electrons. The van der Waals surface area contributed by atoms with Gasteiger partial charge in [0.2, 0.25) is 11.8 Å². The van der Waals surface area contributed by atoms with E-state index < -0.39 is 0 Å². The van der Waals surface area contributed by atoms with Crippen LogP contribution in [0.25, 0.3) is 0 Å². The SMILES string of the molecule is Cc1ccc(NC(=O)CCN)cc1NC(=O)CCc1ccccc1. The second kappa shape index (κ2) is 8.84. The Morgan fingerprint density at radius 1 is 0.958 bits per heavy atom. The van der Waals surface area contributed by atoms with Crippen molar-refractivity contribution in [3.05, 3.63) is 59.7 Å². The zero-order valence-corrected chi connectivity index (χ0v) is 13.8. The van der Waals surface area contributed by atoms with Crippen molar-refractivity contribution in [3.63, 3.8) is 0 Å². The second-order valence-corrected chi connectivity index (χ2v) is 5.65. The Kier molecular flexibility index (Phi) is 6.51. The van der Waals surface area contributed by atoms with Crippen molar-refractivity contribution >= 4 is 23.2 Å². The van der Waals surface area contributed by atoms with Crippen LogP contribution in [0.2, 0.25) is 0 Å². The summed E-state index contributed by atoms with van der Waals surface area (Å²) in [6.07, 6.45) is 1.37. The summed E-state index contributed by atoms with van der Waals surface area (Å²) in [5.41, 5.74) is 8.80. The smallest absolute Gasteiger partial charge is 0.225 e. The highest BCUT2D eigenvalue weighted by atomic mass is 16.2. The molecule has 0 atom stereocenters. The maximum absolute atomic E-state index is 12.2. The number of anilines is 2. The second-order valence-electron chi connectivity index (χ2n) is 5.65. The minimum Gasteiger partial charge on any atom is -0.330 e. The summed E-state index contributed by atoms with van der Waals surface area (Å²) in [6.45, 7) is 2.22. The number of hydrogen-bond acceptors (Lipinski definition) is 3. The molecule has 2 aromatic carbocycles. The van der Waals surface area contributed by atoms with E-state index in [4.69, 9.17) is 5.73 Å². The summed E-state index contributed by atoms with van der Waals surface area (Å²) in [4.78, 5) is 23.8. The Morgan fingerprint density at radius 2 is 1.67 bits per heavy atom. The Morgan fingerprint density at radius 3 is 2.38 bits per heavy atom. The van der Waals surface area contributed by atoms with E-state index in [0.29, 0.717) is 30.8 Å². The van der Waals surface area contributed by atoms with E-state index in [-0.39, 0.29) is 18.2 Å². The van der Waals surface area contributed by atoms with E-state index in [2.05, 4.69) is 10.6 Å². The molecule has 4 N–H and O–H groups in total. The van der Waals surface area contributed by atoms with Gasteiger partial charge in [0, 0.05) is 30.8 Å². The minimum absolute atomic E-state index is 0.0487. The molecule has 126 valence electrons. The Hall–Kier alpha value is -2.66. The lowest BCUT2D eigenvalue weighted by Crippen LogP contribution is -2.17. The molecule has 0 fully saturated rings. The molecule has 24 heavy (non-hydrogen) atoms. The zero-order valence-electron chi connectivity index (χ0n) is 13.8. The molecule has 0 saturated carbocycles. The third-order valence-electron chi connectivity index (χ3n) is 3.65. The number of carbonyl (C=O) groups is 2. The fraction of sp³-hybridized carbons (Fsp3) is 0.263. The highest BCUT2D eigenvalue weighted by molar-refractivity contribution is 5.94. The molecule has 0 spiro atoms. The van der Waals surface area contributed by atoms with Crippen molar-refractivity contribution in [1.82, 2.24) is 0 Å². The lowest BCUT2D eigenvalue weighted by molar-refractivity contribution is -0.116. The largest absolute Gasteiger partial charge is 0.330 e. The van der Waals surface area contributed by atoms with Crippen LogP contribution >= 0.6 is 0 Å². The van der Waals surface area contributed by atoms with Crippen LogP contribution in [0.4, 0.5) is 11.4 Å². The number of amides is 2. The third kappa shape index (κ3) is 5.52. The van der Waals surface area contributed by atoms with Crippen molar-refractivity contribution < 1.29 is 9.59 Å². The standard InChI is InChI=1S/C19H23N3O2/c1-14-7-9-16(21-19(24)11-12-20)13-17(14)22-18(23)10-8-15-5-3-2-4-6-15/h2-7,9,13H,8,10-12,20H2,1H3,(H,21,24)(H,22,23). The molecule has 2 amide bonds. The Labute approximate surface area is 142 Å². The molecule has 0 aliphatic rings. The molecule has 0 bridgehead atoms. The molecule has 0 aliphatic heterocycles. The zero-order chi connectivity index (χ0) is 17.4. The first-order valence-corrected chi connectivity index (χ1v) is 8.03. The van der Waals surface area contributed by atoms with Gasteiger partial charge in [-0.1, -0.05) is 36.4 Å². The summed E-state index contributed by atoms with van der Waals surface area (Å²) < 4.78 is 0. The molecule has 0 aromatic heterocycles. The van der Waals surface area contributed by atoms with Gasteiger partial charge in [0.05, 0.1) is 0 Å². The molecule has 2 aromatic rings. The van der Waals surface area contributed by atoms with E-state index in [9.17, 15) is 9.59 Å². The average molecular weight is 325 g/mol. The number of nitrogens with two attached hydrogens (primary N) is 1. The fourth-order valence-electron chi connectivity index (χ4n) is 2.30. The lowest BCUT2D eigenvalue weighted by atomic mass is 10.1. The van der Waals surface area contributed by atoms with Gasteiger partial charge in [-0.25, -0.2) is 0 Å². The van der Waals surface area contributed by atoms with Crippen molar-refractivity contribution in [3.8, 4) is 0 Å². The molecule has 0 saturated heterocycles. The van der Waals surface area contributed by atoms with Gasteiger partial charge >= 0.3 is 0 Å². The number of aryl methyl sites for hydroxylation is 2. The van der Waals surface area contributed by atoms with Crippen LogP contribution in [0.15, 0.2) is 48.5 Å². The Bertz CT molecular complexity index is 699. The summed E-state index contributed by atoms with van der Waals surface area (Å²) in [6, 6.07) is 15.3. The van der Waals surface area contributed by atoms with Crippen LogP contribution in [0.5, 0.6) is 0 Å². The monoisotopic (exact) mass is 325 g/mol. The molecule has 2 rings (SSSR count). The van der Waals surface area contributed by atoms with Crippen LogP contribution in [-0.4, -0.2) is 18.4 Å². The van der Waals surface area contributed by atoms with Crippen LogP contribution in [0.1, 0.15) is 24.0 Å². The summed E-state index contributed by atoms with van der Waals surface area (Å²) in [7, 11) is 0. The molecule has 5 heteroatoms. The van der Waals surface area contributed by atoms with Gasteiger partial charge < -0.3 is 16.4 Å². The van der Waals surface area contributed by atoms with Crippen molar-refractivity contribution in [2.45, 2.75) is 26.2 Å². The molecule has 5 nitrogen and oxygen atoms in total. The maximum atomic E-state index is 12.2. The lowest BCUT2D eigenvalue weighted by Gasteiger charge is -2.11. The first-order chi connectivity index (χ1) is 11.6. The first-order valence-electron chi connectivity index (χ1n) is 8.03. The highest BCUT2D eigenvalue weighted by Gasteiger charge is 2.08. The number of benzene rings is 2. The topological polar surface area (TPSA) is 84.2 Å². The predicted molar refractivity (Wildman–Crippen MR) is 96.9 cm³/mol. The van der Waals surface area contributed by atoms with E-state index in [0.717, 1.165) is 11.1 Å². The molecular formula is C19H23N3O2. The van der Waals surface area contributed by atoms with Gasteiger partial charge in [0.1, 0.15) is 0 Å². The van der Waals surface area contributed by atoms with Crippen molar-refractivity contribution in [2.75, 3.05) is 17.2 Å². The van der Waals surface area contributed by atoms with E-state index in [1.54, 1.807) is 6.07 Å². The van der Waals surface area contributed by atoms with Crippen LogP contribution in [-0.2, 0) is 16.0 Å². The summed E-state index contributed by atoms with van der Waals surface area (Å²) >= 11 is 0. The summed E-state index contributed by atoms with van der Waals surface area (Å²) in [5, 5.41) is 5.68. The number of hydrogen-bond donors (Lipinski definition) is 3. The predicted octanol–water partition coefficient (Wildman–Crippen LogP) is 2.85. The normalized spacial score (nSPS) is 10.2. The van der Waals surface area contributed by atoms with Crippen LogP contribution in [0.3, 0.4) is 0 Å². The van der Waals surface area contributed by atoms with E-state index in [1.165, 1.54) is 0 Å². The van der Waals surface area contributed by atoms with Gasteiger partial charge in [-0.3, -0.25) is 9.59 Å². The van der Waals surface area contributed by atoms with Gasteiger partial charge in [0.15, 0.2) is 0 Å². The van der Waals surface area contributed by atoms with Crippen molar-refractivity contribution in [2.24, 2.45) is 5.73 Å². The number of carbonyl (C=O) groups excluding carboxylic acids is 2. The molecule has 0 heterocycles. The van der Waals surface area contributed by atoms with Gasteiger partial charge in [0.25, 0.3) is 0 Å². The highest BCUT2D eigenvalue weighted by Crippen LogP contribution is 2.21. The van der Waals surface area contributed by atoms with E-state index in [1.807, 2.05) is 49.4 Å². The van der Waals surface area contributed by atoms with Gasteiger partial charge in [-0.15, -0.1) is 0 Å². The molecule has 0 unspecified atom stereocenters. The molecular weight excluding hydrogens is 302 g/mol. The molecule has 0 aliphatic carbocycles. The third-order valence-corrected chi connectivity index (χ3v) is 3.65. The van der Waals surface area contributed by atoms with E-state index >= 15 is 0 Å². The maximum Gasteiger partial charge on any atom is 0.225 e. The van der Waals surface area contributed by atoms with Gasteiger partial charge in [-0.2, -0.15) is 0 Å². The minimum atomic E-state index is -0.136. The Balaban J connectivity index is 1.95. The first kappa shape index (κ1) is 17.7. The average Bonchev–Trinajstić information content (AvgIpc) is 2.57.